The van der Waals surface area contributed by atoms with Crippen molar-refractivity contribution in [3.63, 3.8) is 0 Å². The molecule has 0 bridgehead atoms. The molecule has 2 atom stereocenters. The average Bonchev–Trinajstić information content (AvgIpc) is 3.69. The Hall–Kier alpha value is -4.21. The summed E-state index contributed by atoms with van der Waals surface area (Å²) in [6.45, 7) is 7.15. The van der Waals surface area contributed by atoms with Gasteiger partial charge in [-0.15, -0.1) is 15.1 Å². The van der Waals surface area contributed by atoms with E-state index in [4.69, 9.17) is 4.74 Å². The van der Waals surface area contributed by atoms with Gasteiger partial charge >= 0.3 is 6.18 Å². The molecule has 10 nitrogen and oxygen atoms in total. The lowest BCUT2D eigenvalue weighted by molar-refractivity contribution is -0.148. The number of piperidine rings is 1. The highest BCUT2D eigenvalue weighted by Gasteiger charge is 2.41. The molecular weight excluding hydrogens is 539 g/mol. The maximum Gasteiger partial charge on any atom is 0.451 e. The van der Waals surface area contributed by atoms with Gasteiger partial charge in [0, 0.05) is 43.7 Å². The summed E-state index contributed by atoms with van der Waals surface area (Å²) in [5.74, 6) is -0.560. The van der Waals surface area contributed by atoms with Crippen LogP contribution in [0.4, 0.5) is 18.9 Å². The summed E-state index contributed by atoms with van der Waals surface area (Å²) >= 11 is 0. The first-order valence-corrected chi connectivity index (χ1v) is 13.5. The highest BCUT2D eigenvalue weighted by molar-refractivity contribution is 5.82. The van der Waals surface area contributed by atoms with Crippen molar-refractivity contribution in [1.29, 1.82) is 5.26 Å². The van der Waals surface area contributed by atoms with Crippen LogP contribution >= 0.6 is 0 Å². The van der Waals surface area contributed by atoms with Crippen molar-refractivity contribution in [2.24, 2.45) is 22.9 Å². The number of allylic oxidation sites excluding steroid dienone is 2. The fraction of sp³-hybridized carbons (Fsp3) is 0.500. The predicted molar refractivity (Wildman–Crippen MR) is 142 cm³/mol. The molecule has 2 fully saturated rings. The van der Waals surface area contributed by atoms with Crippen LogP contribution in [0.25, 0.3) is 5.70 Å². The Morgan fingerprint density at radius 2 is 2.00 bits per heavy atom. The minimum atomic E-state index is -4.61. The number of benzene rings is 1. The van der Waals surface area contributed by atoms with Crippen LogP contribution in [-0.2, 0) is 24.1 Å². The number of alkyl halides is 3. The number of likely N-dealkylation sites (tertiary alicyclic amines) is 1. The van der Waals surface area contributed by atoms with Crippen molar-refractivity contribution in [2.45, 2.75) is 45.5 Å². The van der Waals surface area contributed by atoms with Crippen molar-refractivity contribution >= 4 is 17.3 Å². The third-order valence-corrected chi connectivity index (χ3v) is 7.94. The summed E-state index contributed by atoms with van der Waals surface area (Å²) in [4.78, 5) is 28.9. The minimum absolute atomic E-state index is 0.0320. The molecule has 1 amide bonds. The quantitative estimate of drug-likeness (QED) is 0.252. The molecule has 3 aliphatic rings. The van der Waals surface area contributed by atoms with Crippen molar-refractivity contribution < 1.29 is 22.7 Å². The lowest BCUT2D eigenvalue weighted by Crippen LogP contribution is -2.48. The van der Waals surface area contributed by atoms with E-state index in [1.807, 2.05) is 11.8 Å². The Kier molecular flexibility index (Phi) is 7.84. The number of halogens is 3. The molecule has 0 spiro atoms. The number of aromatic nitrogens is 3. The molecule has 41 heavy (non-hydrogen) atoms. The minimum Gasteiger partial charge on any atom is -0.493 e. The van der Waals surface area contributed by atoms with Gasteiger partial charge in [-0.3, -0.25) is 4.79 Å². The number of carbonyl (C=O) groups is 1. The maximum atomic E-state index is 13.5. The van der Waals surface area contributed by atoms with Gasteiger partial charge in [0.05, 0.1) is 24.4 Å². The number of nitroso groups, excluding NO2 is 1. The van der Waals surface area contributed by atoms with E-state index in [0.29, 0.717) is 49.0 Å². The molecule has 3 heterocycles. The second-order valence-electron chi connectivity index (χ2n) is 10.8. The van der Waals surface area contributed by atoms with Gasteiger partial charge in [0.1, 0.15) is 17.5 Å². The number of hydrogen-bond donors (Lipinski definition) is 0. The molecule has 13 heteroatoms. The van der Waals surface area contributed by atoms with Gasteiger partial charge in [0.2, 0.25) is 11.7 Å². The van der Waals surface area contributed by atoms with Gasteiger partial charge in [-0.1, -0.05) is 13.5 Å². The Balaban J connectivity index is 1.32. The van der Waals surface area contributed by atoms with E-state index < -0.39 is 12.0 Å². The zero-order chi connectivity index (χ0) is 29.3. The molecule has 2 aliphatic heterocycles. The summed E-state index contributed by atoms with van der Waals surface area (Å²) in [7, 11) is 0. The number of ether oxygens (including phenoxy) is 1. The van der Waals surface area contributed by atoms with Gasteiger partial charge in [-0.25, -0.2) is 0 Å². The van der Waals surface area contributed by atoms with Crippen LogP contribution in [0.3, 0.4) is 0 Å². The van der Waals surface area contributed by atoms with Crippen LogP contribution < -0.4 is 4.74 Å². The molecule has 0 unspecified atom stereocenters. The summed E-state index contributed by atoms with van der Waals surface area (Å²) in [5.41, 5.74) is 1.40. The molecule has 1 aliphatic carbocycles. The van der Waals surface area contributed by atoms with Crippen molar-refractivity contribution in [1.82, 2.24) is 24.6 Å². The van der Waals surface area contributed by atoms with Crippen molar-refractivity contribution in [3.05, 3.63) is 58.5 Å². The summed E-state index contributed by atoms with van der Waals surface area (Å²) < 4.78 is 46.4. The van der Waals surface area contributed by atoms with E-state index in [9.17, 15) is 28.1 Å². The van der Waals surface area contributed by atoms with Crippen LogP contribution in [0.2, 0.25) is 0 Å². The fourth-order valence-corrected chi connectivity index (χ4v) is 5.56. The van der Waals surface area contributed by atoms with Crippen LogP contribution in [0, 0.1) is 34.0 Å². The average molecular weight is 570 g/mol. The summed E-state index contributed by atoms with van der Waals surface area (Å²) in [6.07, 6.45) is -0.473. The first kappa shape index (κ1) is 28.3. The second-order valence-corrected chi connectivity index (χ2v) is 10.8. The molecule has 216 valence electrons. The molecule has 1 saturated heterocycles. The van der Waals surface area contributed by atoms with Gasteiger partial charge < -0.3 is 19.1 Å². The first-order chi connectivity index (χ1) is 19.6. The van der Waals surface area contributed by atoms with E-state index in [2.05, 4.69) is 28.0 Å². The molecule has 0 radical (unpaired) electrons. The smallest absolute Gasteiger partial charge is 0.451 e. The molecular formula is C28H30F3N7O3. The molecule has 0 N–H and O–H groups in total. The van der Waals surface area contributed by atoms with E-state index in [1.165, 1.54) is 11.0 Å². The van der Waals surface area contributed by atoms with Crippen LogP contribution in [-0.4, -0.2) is 56.7 Å². The highest BCUT2D eigenvalue weighted by atomic mass is 19.4. The number of rotatable bonds is 8. The van der Waals surface area contributed by atoms with E-state index in [-0.39, 0.29) is 54.5 Å². The number of carbonyl (C=O) groups excluding carboxylic acids is 1. The van der Waals surface area contributed by atoms with Crippen molar-refractivity contribution in [3.8, 4) is 11.8 Å². The molecule has 1 saturated carbocycles. The summed E-state index contributed by atoms with van der Waals surface area (Å²) in [5, 5.41) is 20.1. The lowest BCUT2D eigenvalue weighted by atomic mass is 9.84. The molecule has 1 aromatic heterocycles. The molecule has 2 aromatic rings. The number of nitrogens with zero attached hydrogens (tertiary/aromatic N) is 7. The fourth-order valence-electron chi connectivity index (χ4n) is 5.56. The first-order valence-electron chi connectivity index (χ1n) is 13.5. The summed E-state index contributed by atoms with van der Waals surface area (Å²) in [6, 6.07) is 7.20. The largest absolute Gasteiger partial charge is 0.493 e. The normalized spacial score (nSPS) is 21.4. The van der Waals surface area contributed by atoms with Crippen molar-refractivity contribution in [2.75, 3.05) is 26.2 Å². The lowest BCUT2D eigenvalue weighted by Gasteiger charge is -2.41. The molecule has 1 aromatic carbocycles. The third kappa shape index (κ3) is 5.82. The Morgan fingerprint density at radius 3 is 2.63 bits per heavy atom. The third-order valence-electron chi connectivity index (χ3n) is 7.94. The van der Waals surface area contributed by atoms with E-state index >= 15 is 0 Å². The van der Waals surface area contributed by atoms with E-state index in [0.717, 1.165) is 17.4 Å². The topological polar surface area (TPSA) is 117 Å². The number of nitriles is 1. The number of fused-ring (bicyclic) bond motifs is 1. The Labute approximate surface area is 235 Å². The van der Waals surface area contributed by atoms with Gasteiger partial charge in [0.25, 0.3) is 0 Å². The number of hydrogen-bond acceptors (Lipinski definition) is 8. The van der Waals surface area contributed by atoms with Crippen LogP contribution in [0.15, 0.2) is 41.6 Å². The highest BCUT2D eigenvalue weighted by Crippen LogP contribution is 2.39. The SMILES string of the molecule is C=C/C(C#N)=C(\c1ccc(OCC2CC2)cc1N=O)N1CC[C@H](C(=O)N2CCn3c(nnc3C(F)(F)F)C2)[C@H](C)C1. The second kappa shape index (κ2) is 11.3. The zero-order valence-corrected chi connectivity index (χ0v) is 22.6. The van der Waals surface area contributed by atoms with Crippen LogP contribution in [0.5, 0.6) is 5.75 Å². The van der Waals surface area contributed by atoms with Gasteiger partial charge in [-0.05, 0) is 54.5 Å². The van der Waals surface area contributed by atoms with E-state index in [1.54, 1.807) is 18.2 Å². The maximum absolute atomic E-state index is 13.5. The Bertz CT molecular complexity index is 1420. The standard InChI is InChI=1S/C28H30F3N7O3/c1-3-19(13-32)25(22-7-6-20(12-23(22)35-40)41-16-18-4-5-18)36-9-8-21(17(2)14-36)26(39)37-10-11-38-24(15-37)33-34-27(38)28(29,30)31/h3,6-7,12,17-18,21H,1,4-5,8-11,14-16H2,2H3/b25-19-/t17-,21+/m1/s1. The number of amides is 1. The Morgan fingerprint density at radius 1 is 1.22 bits per heavy atom. The van der Waals surface area contributed by atoms with Crippen LogP contribution in [0.1, 0.15) is 43.4 Å². The van der Waals surface area contributed by atoms with Gasteiger partial charge in [0.15, 0.2) is 5.82 Å². The molecule has 5 rings (SSSR count). The van der Waals surface area contributed by atoms with Gasteiger partial charge in [-0.2, -0.15) is 18.4 Å². The zero-order valence-electron chi connectivity index (χ0n) is 22.6. The predicted octanol–water partition coefficient (Wildman–Crippen LogP) is 4.90. The monoisotopic (exact) mass is 569 g/mol.